The van der Waals surface area contributed by atoms with Gasteiger partial charge in [-0.05, 0) is 61.4 Å². The van der Waals surface area contributed by atoms with Gasteiger partial charge in [-0.2, -0.15) is 0 Å². The molecule has 34 heavy (non-hydrogen) atoms. The highest BCUT2D eigenvalue weighted by Gasteiger charge is 2.36. The van der Waals surface area contributed by atoms with Gasteiger partial charge in [-0.15, -0.1) is 11.3 Å². The number of hydrogen-bond acceptors (Lipinski definition) is 4. The lowest BCUT2D eigenvalue weighted by molar-refractivity contribution is -0.127. The Hall–Kier alpha value is -3.25. The van der Waals surface area contributed by atoms with Crippen molar-refractivity contribution >= 4 is 34.6 Å². The number of benzene rings is 2. The number of carbonyl (C=O) groups excluding carboxylic acids is 3. The van der Waals surface area contributed by atoms with E-state index in [-0.39, 0.29) is 30.1 Å². The third-order valence-electron chi connectivity index (χ3n) is 6.41. The Morgan fingerprint density at radius 3 is 2.38 bits per heavy atom. The second kappa shape index (κ2) is 10.8. The van der Waals surface area contributed by atoms with Crippen molar-refractivity contribution in [1.29, 1.82) is 0 Å². The molecule has 3 aromatic rings. The number of Topliss-reactive ketones (excluding diaryl/α,β-unsaturated/α-hetero) is 1. The fraction of sp³-hybridized carbons (Fsp3) is 0.321. The van der Waals surface area contributed by atoms with Gasteiger partial charge in [0.25, 0.3) is 0 Å². The van der Waals surface area contributed by atoms with Crippen LogP contribution in [0.3, 0.4) is 0 Å². The molecule has 1 aliphatic rings. The largest absolute Gasteiger partial charge is 0.351 e. The maximum atomic E-state index is 13.9. The molecule has 1 aliphatic carbocycles. The second-order valence-corrected chi connectivity index (χ2v) is 9.87. The summed E-state index contributed by atoms with van der Waals surface area (Å²) >= 11 is 1.50. The van der Waals surface area contributed by atoms with Crippen molar-refractivity contribution < 1.29 is 14.4 Å². The van der Waals surface area contributed by atoms with Crippen molar-refractivity contribution in [3.8, 4) is 0 Å². The third kappa shape index (κ3) is 5.28. The molecule has 1 atom stereocenters. The standard InChI is InChI=1S/C28H30N2O3S/c1-19-10-3-6-14-23(19)27(28(33)29-21-11-4-5-12-21)30(26(32)18-22-13-9-17-34-22)25-16-8-7-15-24(25)20(2)31/h3,6-10,13-17,21,27H,4-5,11-12,18H2,1-2H3,(H,29,33)/t27-/m0/s1. The highest BCUT2D eigenvalue weighted by molar-refractivity contribution is 7.10. The Morgan fingerprint density at radius 2 is 1.71 bits per heavy atom. The fourth-order valence-electron chi connectivity index (χ4n) is 4.69. The molecule has 1 N–H and O–H groups in total. The van der Waals surface area contributed by atoms with Crippen LogP contribution in [0.5, 0.6) is 0 Å². The average molecular weight is 475 g/mol. The summed E-state index contributed by atoms with van der Waals surface area (Å²) in [7, 11) is 0. The van der Waals surface area contributed by atoms with Crippen LogP contribution in [0, 0.1) is 6.92 Å². The van der Waals surface area contributed by atoms with Gasteiger partial charge in [0.2, 0.25) is 11.8 Å². The van der Waals surface area contributed by atoms with E-state index in [0.29, 0.717) is 11.3 Å². The van der Waals surface area contributed by atoms with Gasteiger partial charge in [0.1, 0.15) is 6.04 Å². The van der Waals surface area contributed by atoms with Crippen molar-refractivity contribution in [3.63, 3.8) is 0 Å². The third-order valence-corrected chi connectivity index (χ3v) is 7.28. The van der Waals surface area contributed by atoms with Crippen LogP contribution in [0.15, 0.2) is 66.0 Å². The zero-order chi connectivity index (χ0) is 24.1. The monoisotopic (exact) mass is 474 g/mol. The second-order valence-electron chi connectivity index (χ2n) is 8.84. The average Bonchev–Trinajstić information content (AvgIpc) is 3.52. The van der Waals surface area contributed by atoms with Crippen molar-refractivity contribution in [2.75, 3.05) is 4.90 Å². The number of carbonyl (C=O) groups is 3. The summed E-state index contributed by atoms with van der Waals surface area (Å²) < 4.78 is 0. The molecular weight excluding hydrogens is 444 g/mol. The predicted octanol–water partition coefficient (Wildman–Crippen LogP) is 5.63. The lowest BCUT2D eigenvalue weighted by Crippen LogP contribution is -2.47. The van der Waals surface area contributed by atoms with Gasteiger partial charge in [0.15, 0.2) is 5.78 Å². The molecule has 4 rings (SSSR count). The first kappa shape index (κ1) is 23.9. The fourth-order valence-corrected chi connectivity index (χ4v) is 5.38. The molecule has 5 nitrogen and oxygen atoms in total. The van der Waals surface area contributed by atoms with Crippen LogP contribution in [0.2, 0.25) is 0 Å². The molecule has 0 bridgehead atoms. The topological polar surface area (TPSA) is 66.5 Å². The summed E-state index contributed by atoms with van der Waals surface area (Å²) in [6.07, 6.45) is 4.23. The van der Waals surface area contributed by atoms with Gasteiger partial charge in [0.05, 0.1) is 12.1 Å². The van der Waals surface area contributed by atoms with E-state index in [1.54, 1.807) is 29.2 Å². The van der Waals surface area contributed by atoms with E-state index >= 15 is 0 Å². The van der Waals surface area contributed by atoms with Crippen LogP contribution in [0.1, 0.15) is 65.0 Å². The molecule has 176 valence electrons. The van der Waals surface area contributed by atoms with Crippen molar-refractivity contribution in [3.05, 3.63) is 87.6 Å². The van der Waals surface area contributed by atoms with Crippen LogP contribution in [-0.2, 0) is 16.0 Å². The van der Waals surface area contributed by atoms with E-state index in [2.05, 4.69) is 5.32 Å². The number of nitrogens with zero attached hydrogens (tertiary/aromatic N) is 1. The van der Waals surface area contributed by atoms with E-state index in [9.17, 15) is 14.4 Å². The minimum Gasteiger partial charge on any atom is -0.351 e. The number of para-hydroxylation sites is 1. The van der Waals surface area contributed by atoms with Crippen LogP contribution in [0.4, 0.5) is 5.69 Å². The first-order chi connectivity index (χ1) is 16.5. The summed E-state index contributed by atoms with van der Waals surface area (Å²) in [6.45, 7) is 3.44. The predicted molar refractivity (Wildman–Crippen MR) is 136 cm³/mol. The minimum absolute atomic E-state index is 0.108. The van der Waals surface area contributed by atoms with Crippen molar-refractivity contribution in [2.45, 2.75) is 58.0 Å². The van der Waals surface area contributed by atoms with E-state index in [1.807, 2.05) is 48.7 Å². The molecule has 0 aliphatic heterocycles. The Bertz CT molecular complexity index is 1170. The van der Waals surface area contributed by atoms with Crippen molar-refractivity contribution in [2.24, 2.45) is 0 Å². The lowest BCUT2D eigenvalue weighted by Gasteiger charge is -2.34. The smallest absolute Gasteiger partial charge is 0.248 e. The first-order valence-electron chi connectivity index (χ1n) is 11.8. The van der Waals surface area contributed by atoms with Gasteiger partial charge >= 0.3 is 0 Å². The van der Waals surface area contributed by atoms with Gasteiger partial charge in [-0.25, -0.2) is 0 Å². The number of amides is 2. The molecule has 6 heteroatoms. The lowest BCUT2D eigenvalue weighted by atomic mass is 9.96. The van der Waals surface area contributed by atoms with Crippen molar-refractivity contribution in [1.82, 2.24) is 5.32 Å². The first-order valence-corrected chi connectivity index (χ1v) is 12.6. The minimum atomic E-state index is -0.880. The highest BCUT2D eigenvalue weighted by Crippen LogP contribution is 2.34. The Balaban J connectivity index is 1.84. The number of anilines is 1. The number of thiophene rings is 1. The van der Waals surface area contributed by atoms with E-state index in [1.165, 1.54) is 18.3 Å². The summed E-state index contributed by atoms with van der Waals surface area (Å²) in [6, 6.07) is 17.8. The van der Waals surface area contributed by atoms with E-state index in [0.717, 1.165) is 41.7 Å². The summed E-state index contributed by atoms with van der Waals surface area (Å²) in [4.78, 5) is 42.8. The molecule has 0 spiro atoms. The molecule has 2 aromatic carbocycles. The number of rotatable bonds is 8. The zero-order valence-corrected chi connectivity index (χ0v) is 20.4. The van der Waals surface area contributed by atoms with Crippen LogP contribution in [0.25, 0.3) is 0 Å². The van der Waals surface area contributed by atoms with Crippen LogP contribution >= 0.6 is 11.3 Å². The zero-order valence-electron chi connectivity index (χ0n) is 19.6. The molecule has 0 saturated heterocycles. The maximum Gasteiger partial charge on any atom is 0.248 e. The SMILES string of the molecule is CC(=O)c1ccccc1N(C(=O)Cc1cccs1)[C@H](C(=O)NC1CCCC1)c1ccccc1C. The molecule has 1 heterocycles. The molecule has 1 fully saturated rings. The van der Waals surface area contributed by atoms with Crippen LogP contribution in [-0.4, -0.2) is 23.6 Å². The molecule has 2 amide bonds. The molecule has 0 unspecified atom stereocenters. The number of hydrogen-bond donors (Lipinski definition) is 1. The number of nitrogens with one attached hydrogen (secondary N) is 1. The van der Waals surface area contributed by atoms with Crippen LogP contribution < -0.4 is 10.2 Å². The van der Waals surface area contributed by atoms with Gasteiger partial charge in [0, 0.05) is 16.5 Å². The van der Waals surface area contributed by atoms with E-state index < -0.39 is 6.04 Å². The molecular formula is C28H30N2O3S. The summed E-state index contributed by atoms with van der Waals surface area (Å²) in [5.41, 5.74) is 2.57. The molecule has 1 aromatic heterocycles. The number of aryl methyl sites for hydroxylation is 1. The van der Waals surface area contributed by atoms with E-state index in [4.69, 9.17) is 0 Å². The Morgan fingerprint density at radius 1 is 1.00 bits per heavy atom. The Kier molecular flexibility index (Phi) is 7.58. The maximum absolute atomic E-state index is 13.9. The highest BCUT2D eigenvalue weighted by atomic mass is 32.1. The quantitative estimate of drug-likeness (QED) is 0.430. The normalized spacial score (nSPS) is 14.5. The van der Waals surface area contributed by atoms with Gasteiger partial charge in [-0.3, -0.25) is 19.3 Å². The summed E-state index contributed by atoms with van der Waals surface area (Å²) in [5, 5.41) is 5.13. The number of ketones is 1. The summed E-state index contributed by atoms with van der Waals surface area (Å²) in [5.74, 6) is -0.575. The molecule has 1 saturated carbocycles. The Labute approximate surface area is 204 Å². The van der Waals surface area contributed by atoms with Gasteiger partial charge in [-0.1, -0.05) is 55.3 Å². The van der Waals surface area contributed by atoms with Gasteiger partial charge < -0.3 is 5.32 Å². The molecule has 0 radical (unpaired) electrons.